The maximum absolute atomic E-state index is 12.8. The molecule has 2 fully saturated rings. The van der Waals surface area contributed by atoms with Crippen LogP contribution in [0.5, 0.6) is 0 Å². The molecule has 7 heteroatoms. The zero-order valence-electron chi connectivity index (χ0n) is 16.3. The molecule has 0 bridgehead atoms. The average molecular weight is 374 g/mol. The minimum atomic E-state index is -0.791. The van der Waals surface area contributed by atoms with Gasteiger partial charge < -0.3 is 20.7 Å². The lowest BCUT2D eigenvalue weighted by molar-refractivity contribution is -0.142. The van der Waals surface area contributed by atoms with Gasteiger partial charge in [-0.15, -0.1) is 0 Å². The normalized spacial score (nSPS) is 20.3. The molecule has 0 atom stereocenters. The van der Waals surface area contributed by atoms with Crippen LogP contribution in [0.1, 0.15) is 24.0 Å². The van der Waals surface area contributed by atoms with Crippen LogP contribution in [0.2, 0.25) is 0 Å². The van der Waals surface area contributed by atoms with Crippen molar-refractivity contribution < 1.29 is 14.3 Å². The Balaban J connectivity index is 1.48. The number of benzene rings is 1. The Bertz CT molecular complexity index is 692. The third kappa shape index (κ3) is 4.66. The number of anilines is 1. The van der Waals surface area contributed by atoms with E-state index < -0.39 is 5.54 Å². The van der Waals surface area contributed by atoms with Crippen LogP contribution in [-0.2, 0) is 14.3 Å². The highest BCUT2D eigenvalue weighted by Gasteiger charge is 2.39. The fourth-order valence-corrected chi connectivity index (χ4v) is 3.65. The van der Waals surface area contributed by atoms with Gasteiger partial charge in [0, 0.05) is 45.1 Å². The van der Waals surface area contributed by atoms with Crippen LogP contribution < -0.4 is 11.1 Å². The second-order valence-corrected chi connectivity index (χ2v) is 7.63. The average Bonchev–Trinajstić information content (AvgIpc) is 2.66. The summed E-state index contributed by atoms with van der Waals surface area (Å²) in [6.45, 7) is 8.03. The van der Waals surface area contributed by atoms with Crippen molar-refractivity contribution in [3.63, 3.8) is 0 Å². The Morgan fingerprint density at radius 3 is 2.48 bits per heavy atom. The van der Waals surface area contributed by atoms with Gasteiger partial charge >= 0.3 is 0 Å². The number of nitrogens with zero attached hydrogens (tertiary/aromatic N) is 2. The maximum atomic E-state index is 12.8. The summed E-state index contributed by atoms with van der Waals surface area (Å²) >= 11 is 0. The van der Waals surface area contributed by atoms with Crippen molar-refractivity contribution in [3.05, 3.63) is 29.3 Å². The molecule has 0 spiro atoms. The molecule has 2 saturated heterocycles. The molecule has 2 aliphatic rings. The number of carbonyl (C=O) groups excluding carboxylic acids is 2. The number of amides is 2. The van der Waals surface area contributed by atoms with E-state index in [1.54, 1.807) is 0 Å². The number of hydrogen-bond donors (Lipinski definition) is 2. The van der Waals surface area contributed by atoms with Crippen LogP contribution in [-0.4, -0.2) is 73.1 Å². The Morgan fingerprint density at radius 1 is 1.15 bits per heavy atom. The summed E-state index contributed by atoms with van der Waals surface area (Å²) in [4.78, 5) is 29.1. The predicted molar refractivity (Wildman–Crippen MR) is 105 cm³/mol. The lowest BCUT2D eigenvalue weighted by Gasteiger charge is -2.40. The number of nitrogens with two attached hydrogens (primary N) is 1. The Kier molecular flexibility index (Phi) is 6.14. The number of aryl methyl sites for hydroxylation is 1. The predicted octanol–water partition coefficient (Wildman–Crippen LogP) is 0.894. The molecule has 3 N–H and O–H groups in total. The molecule has 2 heterocycles. The zero-order valence-corrected chi connectivity index (χ0v) is 16.3. The minimum absolute atomic E-state index is 0.0188. The fourth-order valence-electron chi connectivity index (χ4n) is 3.65. The lowest BCUT2D eigenvalue weighted by atomic mass is 9.89. The fraction of sp³-hybridized carbons (Fsp3) is 0.600. The van der Waals surface area contributed by atoms with Gasteiger partial charge in [0.05, 0.1) is 12.1 Å². The third-order valence-electron chi connectivity index (χ3n) is 5.72. The quantitative estimate of drug-likeness (QED) is 0.817. The van der Waals surface area contributed by atoms with E-state index in [2.05, 4.69) is 10.2 Å². The molecule has 0 unspecified atom stereocenters. The van der Waals surface area contributed by atoms with Crippen LogP contribution in [0.25, 0.3) is 0 Å². The zero-order chi connectivity index (χ0) is 19.4. The molecule has 2 aliphatic heterocycles. The molecule has 2 amide bonds. The Hall–Kier alpha value is -1.96. The summed E-state index contributed by atoms with van der Waals surface area (Å²) in [5.41, 5.74) is 8.63. The largest absolute Gasteiger partial charge is 0.381 e. The van der Waals surface area contributed by atoms with Crippen molar-refractivity contribution >= 4 is 17.5 Å². The molecular formula is C20H30N4O3. The van der Waals surface area contributed by atoms with E-state index in [1.165, 1.54) is 0 Å². The molecule has 0 aromatic heterocycles. The SMILES string of the molecule is Cc1cccc(NC(=O)CN2CCN(C(=O)C3(N)CCOCC3)CC2)c1C. The van der Waals surface area contributed by atoms with E-state index in [4.69, 9.17) is 10.5 Å². The number of carbonyl (C=O) groups is 2. The standard InChI is InChI=1S/C20H30N4O3/c1-15-4-3-5-17(16(15)2)22-18(25)14-23-8-10-24(11-9-23)19(26)20(21)6-12-27-13-7-20/h3-5H,6-14,21H2,1-2H3,(H,22,25). The topological polar surface area (TPSA) is 87.9 Å². The van der Waals surface area contributed by atoms with E-state index >= 15 is 0 Å². The first-order valence-corrected chi connectivity index (χ1v) is 9.63. The second-order valence-electron chi connectivity index (χ2n) is 7.63. The van der Waals surface area contributed by atoms with Gasteiger partial charge in [-0.05, 0) is 43.9 Å². The highest BCUT2D eigenvalue weighted by atomic mass is 16.5. The van der Waals surface area contributed by atoms with Crippen LogP contribution in [0.4, 0.5) is 5.69 Å². The molecule has 0 saturated carbocycles. The molecule has 1 aromatic carbocycles. The van der Waals surface area contributed by atoms with Crippen LogP contribution in [0.15, 0.2) is 18.2 Å². The van der Waals surface area contributed by atoms with Gasteiger partial charge in [0.1, 0.15) is 0 Å². The highest BCUT2D eigenvalue weighted by molar-refractivity contribution is 5.93. The van der Waals surface area contributed by atoms with Crippen molar-refractivity contribution in [3.8, 4) is 0 Å². The van der Waals surface area contributed by atoms with Gasteiger partial charge in [-0.25, -0.2) is 0 Å². The summed E-state index contributed by atoms with van der Waals surface area (Å²) in [7, 11) is 0. The summed E-state index contributed by atoms with van der Waals surface area (Å²) in [6.07, 6.45) is 1.15. The number of rotatable bonds is 4. The van der Waals surface area contributed by atoms with E-state index in [0.717, 1.165) is 16.8 Å². The molecule has 7 nitrogen and oxygen atoms in total. The van der Waals surface area contributed by atoms with Crippen molar-refractivity contribution in [2.45, 2.75) is 32.2 Å². The monoisotopic (exact) mass is 374 g/mol. The van der Waals surface area contributed by atoms with E-state index in [-0.39, 0.29) is 11.8 Å². The van der Waals surface area contributed by atoms with Gasteiger partial charge in [-0.3, -0.25) is 14.5 Å². The molecule has 148 valence electrons. The number of nitrogens with one attached hydrogen (secondary N) is 1. The van der Waals surface area contributed by atoms with Crippen LogP contribution in [0.3, 0.4) is 0 Å². The molecule has 0 radical (unpaired) electrons. The van der Waals surface area contributed by atoms with Crippen molar-refractivity contribution in [1.29, 1.82) is 0 Å². The summed E-state index contributed by atoms with van der Waals surface area (Å²) in [5, 5.41) is 3.00. The minimum Gasteiger partial charge on any atom is -0.381 e. The van der Waals surface area contributed by atoms with Gasteiger partial charge in [-0.2, -0.15) is 0 Å². The molecule has 1 aromatic rings. The van der Waals surface area contributed by atoms with Gasteiger partial charge in [-0.1, -0.05) is 12.1 Å². The lowest BCUT2D eigenvalue weighted by Crippen LogP contribution is -2.61. The Labute approximate surface area is 160 Å². The van der Waals surface area contributed by atoms with Crippen molar-refractivity contribution in [1.82, 2.24) is 9.80 Å². The Morgan fingerprint density at radius 2 is 1.81 bits per heavy atom. The highest BCUT2D eigenvalue weighted by Crippen LogP contribution is 2.21. The van der Waals surface area contributed by atoms with E-state index in [1.807, 2.05) is 36.9 Å². The summed E-state index contributed by atoms with van der Waals surface area (Å²) in [6, 6.07) is 5.90. The van der Waals surface area contributed by atoms with E-state index in [9.17, 15) is 9.59 Å². The third-order valence-corrected chi connectivity index (χ3v) is 5.72. The molecular weight excluding hydrogens is 344 g/mol. The summed E-state index contributed by atoms with van der Waals surface area (Å²) < 4.78 is 5.32. The second kappa shape index (κ2) is 8.37. The molecule has 0 aliphatic carbocycles. The van der Waals surface area contributed by atoms with Crippen LogP contribution in [0, 0.1) is 13.8 Å². The first-order chi connectivity index (χ1) is 12.9. The number of hydrogen-bond acceptors (Lipinski definition) is 5. The maximum Gasteiger partial charge on any atom is 0.242 e. The van der Waals surface area contributed by atoms with Crippen molar-refractivity contribution in [2.24, 2.45) is 5.73 Å². The molecule has 27 heavy (non-hydrogen) atoms. The number of ether oxygens (including phenoxy) is 1. The molecule has 3 rings (SSSR count). The van der Waals surface area contributed by atoms with E-state index in [0.29, 0.717) is 58.8 Å². The van der Waals surface area contributed by atoms with Crippen molar-refractivity contribution in [2.75, 3.05) is 51.3 Å². The summed E-state index contributed by atoms with van der Waals surface area (Å²) in [5.74, 6) is -0.00603. The van der Waals surface area contributed by atoms with Gasteiger partial charge in [0.15, 0.2) is 0 Å². The van der Waals surface area contributed by atoms with Crippen LogP contribution >= 0.6 is 0 Å². The first kappa shape index (κ1) is 19.8. The first-order valence-electron chi connectivity index (χ1n) is 9.63. The smallest absolute Gasteiger partial charge is 0.242 e. The number of piperazine rings is 1. The van der Waals surface area contributed by atoms with Gasteiger partial charge in [0.2, 0.25) is 11.8 Å². The van der Waals surface area contributed by atoms with Gasteiger partial charge in [0.25, 0.3) is 0 Å².